The molecule has 0 atom stereocenters. The zero-order valence-electron chi connectivity index (χ0n) is 8.86. The topological polar surface area (TPSA) is 66.4 Å². The normalized spacial score (nSPS) is 10.1. The second-order valence-electron chi connectivity index (χ2n) is 3.19. The van der Waals surface area contributed by atoms with Crippen molar-refractivity contribution < 1.29 is 14.7 Å². The molecule has 1 rings (SSSR count). The molecule has 0 saturated carbocycles. The number of carboxylic acids is 1. The van der Waals surface area contributed by atoms with Crippen LogP contribution in [0, 0.1) is 6.92 Å². The van der Waals surface area contributed by atoms with Crippen LogP contribution in [0.1, 0.15) is 10.4 Å². The SMILES string of the molecule is Cc1ccsc1CNC(=O)CSCC(=O)O. The van der Waals surface area contributed by atoms with E-state index >= 15 is 0 Å². The van der Waals surface area contributed by atoms with Gasteiger partial charge in [0.25, 0.3) is 0 Å². The molecule has 16 heavy (non-hydrogen) atoms. The van der Waals surface area contributed by atoms with Crippen molar-refractivity contribution in [2.45, 2.75) is 13.5 Å². The van der Waals surface area contributed by atoms with E-state index in [9.17, 15) is 9.59 Å². The first-order valence-corrected chi connectivity index (χ1v) is 6.72. The van der Waals surface area contributed by atoms with E-state index in [0.717, 1.165) is 16.6 Å². The van der Waals surface area contributed by atoms with Gasteiger partial charge in [0.05, 0.1) is 18.1 Å². The van der Waals surface area contributed by atoms with E-state index in [4.69, 9.17) is 5.11 Å². The number of thiophene rings is 1. The Labute approximate surface area is 102 Å². The third-order valence-electron chi connectivity index (χ3n) is 1.87. The minimum absolute atomic E-state index is 0.0363. The molecule has 0 unspecified atom stereocenters. The lowest BCUT2D eigenvalue weighted by Gasteiger charge is -2.03. The Kier molecular flexibility index (Phi) is 5.34. The maximum Gasteiger partial charge on any atom is 0.313 e. The highest BCUT2D eigenvalue weighted by Crippen LogP contribution is 2.14. The van der Waals surface area contributed by atoms with Crippen LogP contribution in [0.15, 0.2) is 11.4 Å². The van der Waals surface area contributed by atoms with Crippen molar-refractivity contribution in [1.29, 1.82) is 0 Å². The molecule has 0 aliphatic heterocycles. The van der Waals surface area contributed by atoms with Crippen LogP contribution < -0.4 is 5.32 Å². The largest absolute Gasteiger partial charge is 0.481 e. The predicted octanol–water partition coefficient (Wildman–Crippen LogP) is 1.49. The Morgan fingerprint density at radius 2 is 2.25 bits per heavy atom. The molecule has 4 nitrogen and oxygen atoms in total. The van der Waals surface area contributed by atoms with Crippen molar-refractivity contribution in [3.05, 3.63) is 21.9 Å². The van der Waals surface area contributed by atoms with E-state index in [-0.39, 0.29) is 17.4 Å². The molecule has 0 fully saturated rings. The highest BCUT2D eigenvalue weighted by atomic mass is 32.2. The first-order valence-electron chi connectivity index (χ1n) is 4.69. The number of hydrogen-bond acceptors (Lipinski definition) is 4. The van der Waals surface area contributed by atoms with Gasteiger partial charge in [-0.05, 0) is 23.9 Å². The molecule has 0 aromatic carbocycles. The Morgan fingerprint density at radius 1 is 1.50 bits per heavy atom. The summed E-state index contributed by atoms with van der Waals surface area (Å²) in [7, 11) is 0. The molecule has 0 aliphatic carbocycles. The predicted molar refractivity (Wildman–Crippen MR) is 65.9 cm³/mol. The number of aliphatic carboxylic acids is 1. The minimum atomic E-state index is -0.896. The quantitative estimate of drug-likeness (QED) is 0.812. The van der Waals surface area contributed by atoms with Crippen molar-refractivity contribution in [2.75, 3.05) is 11.5 Å². The fourth-order valence-corrected chi connectivity index (χ4v) is 2.46. The summed E-state index contributed by atoms with van der Waals surface area (Å²) in [5, 5.41) is 13.1. The lowest BCUT2D eigenvalue weighted by atomic mass is 10.3. The number of rotatable bonds is 6. The van der Waals surface area contributed by atoms with E-state index < -0.39 is 5.97 Å². The van der Waals surface area contributed by atoms with Crippen LogP contribution in [0.4, 0.5) is 0 Å². The third kappa shape index (κ3) is 4.67. The highest BCUT2D eigenvalue weighted by Gasteiger charge is 2.05. The molecule has 1 amide bonds. The van der Waals surface area contributed by atoms with Gasteiger partial charge in [0.1, 0.15) is 0 Å². The molecule has 0 saturated heterocycles. The van der Waals surface area contributed by atoms with Crippen molar-refractivity contribution in [3.8, 4) is 0 Å². The Hall–Kier alpha value is -1.01. The average molecular weight is 259 g/mol. The van der Waals surface area contributed by atoms with E-state index in [1.165, 1.54) is 5.56 Å². The van der Waals surface area contributed by atoms with Crippen molar-refractivity contribution in [3.63, 3.8) is 0 Å². The van der Waals surface area contributed by atoms with Crippen LogP contribution in [0.3, 0.4) is 0 Å². The summed E-state index contributed by atoms with van der Waals surface area (Å²) in [6, 6.07) is 2.01. The van der Waals surface area contributed by atoms with Gasteiger partial charge in [0.15, 0.2) is 0 Å². The average Bonchev–Trinajstić information content (AvgIpc) is 2.60. The van der Waals surface area contributed by atoms with Crippen LogP contribution in [0.5, 0.6) is 0 Å². The first kappa shape index (κ1) is 13.1. The second kappa shape index (κ2) is 6.55. The summed E-state index contributed by atoms with van der Waals surface area (Å²) in [5.74, 6) is -0.867. The molecule has 1 aromatic rings. The van der Waals surface area contributed by atoms with Gasteiger partial charge < -0.3 is 10.4 Å². The summed E-state index contributed by atoms with van der Waals surface area (Å²) >= 11 is 2.71. The Balaban J connectivity index is 2.20. The third-order valence-corrected chi connectivity index (χ3v) is 3.81. The Bertz CT molecular complexity index is 376. The molecule has 0 bridgehead atoms. The fraction of sp³-hybridized carbons (Fsp3) is 0.400. The van der Waals surface area contributed by atoms with E-state index in [2.05, 4.69) is 5.32 Å². The van der Waals surface area contributed by atoms with Gasteiger partial charge in [-0.2, -0.15) is 0 Å². The first-order chi connectivity index (χ1) is 7.59. The van der Waals surface area contributed by atoms with Crippen molar-refractivity contribution >= 4 is 35.0 Å². The number of aryl methyl sites for hydroxylation is 1. The van der Waals surface area contributed by atoms with Crippen LogP contribution in [-0.4, -0.2) is 28.5 Å². The van der Waals surface area contributed by atoms with Crippen LogP contribution >= 0.6 is 23.1 Å². The number of thioether (sulfide) groups is 1. The van der Waals surface area contributed by atoms with Gasteiger partial charge in [-0.1, -0.05) is 0 Å². The van der Waals surface area contributed by atoms with Crippen LogP contribution in [0.25, 0.3) is 0 Å². The summed E-state index contributed by atoms with van der Waals surface area (Å²) in [6.45, 7) is 2.52. The van der Waals surface area contributed by atoms with E-state index in [1.807, 2.05) is 18.4 Å². The number of hydrogen-bond donors (Lipinski definition) is 2. The minimum Gasteiger partial charge on any atom is -0.481 e. The smallest absolute Gasteiger partial charge is 0.313 e. The molecule has 2 N–H and O–H groups in total. The van der Waals surface area contributed by atoms with Gasteiger partial charge in [0, 0.05) is 4.88 Å². The standard InChI is InChI=1S/C10H13NO3S2/c1-7-2-3-16-8(7)4-11-9(12)5-15-6-10(13)14/h2-3H,4-6H2,1H3,(H,11,12)(H,13,14). The monoisotopic (exact) mass is 259 g/mol. The zero-order valence-corrected chi connectivity index (χ0v) is 10.5. The lowest BCUT2D eigenvalue weighted by Crippen LogP contribution is -2.24. The summed E-state index contributed by atoms with van der Waals surface area (Å²) in [6.07, 6.45) is 0. The zero-order chi connectivity index (χ0) is 12.0. The van der Waals surface area contributed by atoms with Crippen molar-refractivity contribution in [2.24, 2.45) is 0 Å². The molecular weight excluding hydrogens is 246 g/mol. The molecule has 1 heterocycles. The summed E-state index contributed by atoms with van der Waals surface area (Å²) < 4.78 is 0. The lowest BCUT2D eigenvalue weighted by molar-refractivity contribution is -0.133. The van der Waals surface area contributed by atoms with Gasteiger partial charge >= 0.3 is 5.97 Å². The van der Waals surface area contributed by atoms with Crippen LogP contribution in [0.2, 0.25) is 0 Å². The van der Waals surface area contributed by atoms with Gasteiger partial charge in [-0.3, -0.25) is 9.59 Å². The maximum atomic E-state index is 11.3. The van der Waals surface area contributed by atoms with Crippen molar-refractivity contribution in [1.82, 2.24) is 5.32 Å². The van der Waals surface area contributed by atoms with Gasteiger partial charge in [0.2, 0.25) is 5.91 Å². The number of carbonyl (C=O) groups is 2. The molecule has 0 spiro atoms. The molecule has 88 valence electrons. The maximum absolute atomic E-state index is 11.3. The molecule has 1 aromatic heterocycles. The summed E-state index contributed by atoms with van der Waals surface area (Å²) in [4.78, 5) is 22.7. The van der Waals surface area contributed by atoms with Gasteiger partial charge in [-0.25, -0.2) is 0 Å². The fourth-order valence-electron chi connectivity index (χ4n) is 1.05. The second-order valence-corrected chi connectivity index (χ2v) is 5.18. The molecule has 6 heteroatoms. The Morgan fingerprint density at radius 3 is 2.81 bits per heavy atom. The number of amides is 1. The highest BCUT2D eigenvalue weighted by molar-refractivity contribution is 8.00. The number of carbonyl (C=O) groups excluding carboxylic acids is 1. The van der Waals surface area contributed by atoms with Crippen LogP contribution in [-0.2, 0) is 16.1 Å². The summed E-state index contributed by atoms with van der Waals surface area (Å²) in [5.41, 5.74) is 1.17. The molecule has 0 radical (unpaired) electrons. The van der Waals surface area contributed by atoms with E-state index in [1.54, 1.807) is 11.3 Å². The van der Waals surface area contributed by atoms with Gasteiger partial charge in [-0.15, -0.1) is 23.1 Å². The molecular formula is C10H13NO3S2. The number of nitrogens with one attached hydrogen (secondary N) is 1. The molecule has 0 aliphatic rings. The van der Waals surface area contributed by atoms with E-state index in [0.29, 0.717) is 6.54 Å². The number of carboxylic acid groups (broad SMARTS) is 1.